The van der Waals surface area contributed by atoms with Crippen molar-refractivity contribution in [1.29, 1.82) is 0 Å². The molecule has 1 aliphatic carbocycles. The Bertz CT molecular complexity index is 329. The van der Waals surface area contributed by atoms with Crippen LogP contribution in [0.15, 0.2) is 0 Å². The average Bonchev–Trinajstić information content (AvgIpc) is 2.70. The molecule has 2 fully saturated rings. The molecule has 0 aromatic heterocycles. The normalized spacial score (nSPS) is 34.7. The highest BCUT2D eigenvalue weighted by molar-refractivity contribution is 5.77. The lowest BCUT2D eigenvalue weighted by Crippen LogP contribution is -2.54. The van der Waals surface area contributed by atoms with Gasteiger partial charge < -0.3 is 25.2 Å². The Morgan fingerprint density at radius 1 is 1.28 bits per heavy atom. The molecule has 1 saturated carbocycles. The largest absolute Gasteiger partial charge is 0.481 e. The van der Waals surface area contributed by atoms with E-state index in [1.807, 2.05) is 0 Å². The van der Waals surface area contributed by atoms with Gasteiger partial charge in [0.2, 0.25) is 0 Å². The number of carboxylic acids is 1. The second-order valence-electron chi connectivity index (χ2n) is 4.73. The number of urea groups is 1. The van der Waals surface area contributed by atoms with Gasteiger partial charge in [0.25, 0.3) is 0 Å². The molecule has 0 aromatic rings. The number of hydrogen-bond acceptors (Lipinski definition) is 4. The average molecular weight is 258 g/mol. The van der Waals surface area contributed by atoms with Gasteiger partial charge in [0.05, 0.1) is 25.4 Å². The van der Waals surface area contributed by atoms with E-state index >= 15 is 0 Å². The van der Waals surface area contributed by atoms with E-state index in [9.17, 15) is 9.59 Å². The van der Waals surface area contributed by atoms with Crippen LogP contribution in [0.4, 0.5) is 4.79 Å². The molecule has 0 spiro atoms. The second kappa shape index (κ2) is 5.53. The molecule has 102 valence electrons. The van der Waals surface area contributed by atoms with Gasteiger partial charge in [0, 0.05) is 13.2 Å². The maximum atomic E-state index is 11.7. The molecular formula is C11H18N2O5. The van der Waals surface area contributed by atoms with Crippen LogP contribution in [-0.4, -0.2) is 55.6 Å². The second-order valence-corrected chi connectivity index (χ2v) is 4.73. The first-order chi connectivity index (χ1) is 8.60. The molecule has 7 nitrogen and oxygen atoms in total. The third-order valence-corrected chi connectivity index (χ3v) is 3.48. The highest BCUT2D eigenvalue weighted by atomic mass is 16.5. The Morgan fingerprint density at radius 3 is 2.61 bits per heavy atom. The van der Waals surface area contributed by atoms with Gasteiger partial charge in [-0.1, -0.05) is 0 Å². The molecule has 2 atom stereocenters. The van der Waals surface area contributed by atoms with Crippen molar-refractivity contribution >= 4 is 12.0 Å². The fourth-order valence-electron chi connectivity index (χ4n) is 2.21. The summed E-state index contributed by atoms with van der Waals surface area (Å²) in [6, 6.07) is -0.683. The van der Waals surface area contributed by atoms with Gasteiger partial charge in [-0.25, -0.2) is 4.79 Å². The summed E-state index contributed by atoms with van der Waals surface area (Å²) >= 11 is 0. The molecule has 18 heavy (non-hydrogen) atoms. The molecule has 0 aromatic carbocycles. The Labute approximate surface area is 105 Å². The Hall–Kier alpha value is -1.34. The predicted octanol–water partition coefficient (Wildman–Crippen LogP) is -0.437. The third-order valence-electron chi connectivity index (χ3n) is 3.48. The van der Waals surface area contributed by atoms with Crippen molar-refractivity contribution in [3.05, 3.63) is 0 Å². The van der Waals surface area contributed by atoms with Crippen molar-refractivity contribution < 1.29 is 24.2 Å². The lowest BCUT2D eigenvalue weighted by Gasteiger charge is -2.34. The number of aliphatic carboxylic acids is 1. The third kappa shape index (κ3) is 2.91. The van der Waals surface area contributed by atoms with Gasteiger partial charge in [-0.15, -0.1) is 0 Å². The van der Waals surface area contributed by atoms with Crippen LogP contribution >= 0.6 is 0 Å². The van der Waals surface area contributed by atoms with Gasteiger partial charge in [-0.3, -0.25) is 4.79 Å². The number of nitrogens with one attached hydrogen (secondary N) is 2. The summed E-state index contributed by atoms with van der Waals surface area (Å²) in [6.07, 6.45) is 1.82. The summed E-state index contributed by atoms with van der Waals surface area (Å²) in [6.45, 7) is 0.394. The molecule has 2 unspecified atom stereocenters. The standard InChI is InChI=1S/C11H18N2O5/c1-17-7-2-6(3-7)12-11(16)13-9-5-18-4-8(9)10(14)15/h6-9H,2-5H2,1H3,(H,14,15)(H2,12,13,16). The first kappa shape index (κ1) is 13.1. The molecular weight excluding hydrogens is 240 g/mol. The van der Waals surface area contributed by atoms with E-state index in [1.165, 1.54) is 0 Å². The number of methoxy groups -OCH3 is 1. The number of carboxylic acid groups (broad SMARTS) is 1. The van der Waals surface area contributed by atoms with Crippen molar-refractivity contribution in [2.24, 2.45) is 5.92 Å². The lowest BCUT2D eigenvalue weighted by molar-refractivity contribution is -0.142. The summed E-state index contributed by atoms with van der Waals surface area (Å²) in [5.41, 5.74) is 0. The Kier molecular flexibility index (Phi) is 4.03. The van der Waals surface area contributed by atoms with Gasteiger partial charge in [-0.05, 0) is 12.8 Å². The van der Waals surface area contributed by atoms with Crippen molar-refractivity contribution in [3.8, 4) is 0 Å². The topological polar surface area (TPSA) is 96.9 Å². The molecule has 7 heteroatoms. The van der Waals surface area contributed by atoms with Crippen LogP contribution in [0.3, 0.4) is 0 Å². The van der Waals surface area contributed by atoms with Crippen molar-refractivity contribution in [3.63, 3.8) is 0 Å². The molecule has 1 aliphatic heterocycles. The van der Waals surface area contributed by atoms with Crippen LogP contribution in [-0.2, 0) is 14.3 Å². The van der Waals surface area contributed by atoms with Crippen LogP contribution in [0.1, 0.15) is 12.8 Å². The molecule has 2 amide bonds. The van der Waals surface area contributed by atoms with Crippen molar-refractivity contribution in [2.45, 2.75) is 31.0 Å². The van der Waals surface area contributed by atoms with E-state index < -0.39 is 17.9 Å². The quantitative estimate of drug-likeness (QED) is 0.635. The zero-order valence-corrected chi connectivity index (χ0v) is 10.2. The van der Waals surface area contributed by atoms with Crippen LogP contribution in [0.25, 0.3) is 0 Å². The molecule has 2 rings (SSSR count). The smallest absolute Gasteiger partial charge is 0.315 e. The summed E-state index contributed by atoms with van der Waals surface area (Å²) < 4.78 is 10.2. The number of ether oxygens (including phenoxy) is 2. The maximum absolute atomic E-state index is 11.7. The Morgan fingerprint density at radius 2 is 2.00 bits per heavy atom. The highest BCUT2D eigenvalue weighted by Crippen LogP contribution is 2.22. The molecule has 1 saturated heterocycles. The SMILES string of the molecule is COC1CC(NC(=O)NC2COCC2C(=O)O)C1. The van der Waals surface area contributed by atoms with E-state index in [0.717, 1.165) is 12.8 Å². The zero-order chi connectivity index (χ0) is 13.1. The van der Waals surface area contributed by atoms with E-state index in [2.05, 4.69) is 10.6 Å². The minimum atomic E-state index is -0.944. The monoisotopic (exact) mass is 258 g/mol. The van der Waals surface area contributed by atoms with E-state index in [0.29, 0.717) is 0 Å². The van der Waals surface area contributed by atoms with Crippen molar-refractivity contribution in [1.82, 2.24) is 10.6 Å². The first-order valence-corrected chi connectivity index (χ1v) is 6.00. The highest BCUT2D eigenvalue weighted by Gasteiger charge is 2.36. The van der Waals surface area contributed by atoms with Crippen LogP contribution in [0.5, 0.6) is 0 Å². The maximum Gasteiger partial charge on any atom is 0.315 e. The number of rotatable bonds is 4. The minimum Gasteiger partial charge on any atom is -0.481 e. The summed E-state index contributed by atoms with van der Waals surface area (Å²) in [4.78, 5) is 22.6. The molecule has 3 N–H and O–H groups in total. The van der Waals surface area contributed by atoms with Crippen LogP contribution < -0.4 is 10.6 Å². The van der Waals surface area contributed by atoms with Gasteiger partial charge in [0.1, 0.15) is 5.92 Å². The minimum absolute atomic E-state index is 0.112. The zero-order valence-electron chi connectivity index (χ0n) is 10.2. The van der Waals surface area contributed by atoms with E-state index in [4.69, 9.17) is 14.6 Å². The Balaban J connectivity index is 1.72. The molecule has 1 heterocycles. The lowest BCUT2D eigenvalue weighted by atomic mass is 9.89. The van der Waals surface area contributed by atoms with Gasteiger partial charge in [0.15, 0.2) is 0 Å². The fourth-order valence-corrected chi connectivity index (χ4v) is 2.21. The number of carbonyl (C=O) groups excluding carboxylic acids is 1. The summed E-state index contributed by atoms with van der Waals surface area (Å²) in [5, 5.41) is 14.4. The number of carbonyl (C=O) groups is 2. The molecule has 0 radical (unpaired) electrons. The molecule has 0 bridgehead atoms. The molecule has 2 aliphatic rings. The number of hydrogen-bond donors (Lipinski definition) is 3. The van der Waals surface area contributed by atoms with Crippen LogP contribution in [0, 0.1) is 5.92 Å². The summed E-state index contributed by atoms with van der Waals surface area (Å²) in [7, 11) is 1.65. The summed E-state index contributed by atoms with van der Waals surface area (Å²) in [5.74, 6) is -1.61. The van der Waals surface area contributed by atoms with Gasteiger partial charge >= 0.3 is 12.0 Å². The fraction of sp³-hybridized carbons (Fsp3) is 0.818. The first-order valence-electron chi connectivity index (χ1n) is 6.00. The van der Waals surface area contributed by atoms with Gasteiger partial charge in [-0.2, -0.15) is 0 Å². The van der Waals surface area contributed by atoms with Crippen molar-refractivity contribution in [2.75, 3.05) is 20.3 Å². The van der Waals surface area contributed by atoms with E-state index in [1.54, 1.807) is 7.11 Å². The predicted molar refractivity (Wildman–Crippen MR) is 61.2 cm³/mol. The van der Waals surface area contributed by atoms with Crippen LogP contribution in [0.2, 0.25) is 0 Å². The number of amides is 2. The van der Waals surface area contributed by atoms with E-state index in [-0.39, 0.29) is 31.4 Å².